The van der Waals surface area contributed by atoms with Crippen LogP contribution in [0.5, 0.6) is 11.5 Å². The molecule has 1 aromatic carbocycles. The predicted molar refractivity (Wildman–Crippen MR) is 83.4 cm³/mol. The van der Waals surface area contributed by atoms with Crippen LogP contribution in [-0.4, -0.2) is 19.1 Å². The summed E-state index contributed by atoms with van der Waals surface area (Å²) in [6.07, 6.45) is 7.94. The van der Waals surface area contributed by atoms with Crippen LogP contribution < -0.4 is 9.47 Å². The van der Waals surface area contributed by atoms with Crippen LogP contribution in [0.3, 0.4) is 0 Å². The van der Waals surface area contributed by atoms with Crippen molar-refractivity contribution in [3.05, 3.63) is 39.6 Å². The van der Waals surface area contributed by atoms with Crippen LogP contribution >= 0.6 is 0 Å². The number of benzene rings is 1. The minimum absolute atomic E-state index is 0.495. The summed E-state index contributed by atoms with van der Waals surface area (Å²) in [7, 11) is 3.17. The van der Waals surface area contributed by atoms with Crippen molar-refractivity contribution >= 4 is 6.08 Å². The van der Waals surface area contributed by atoms with E-state index in [2.05, 4.69) is 6.92 Å². The Bertz CT molecular complexity index is 497. The minimum atomic E-state index is -0.495. The Labute approximate surface area is 125 Å². The Kier molecular flexibility index (Phi) is 7.29. The van der Waals surface area contributed by atoms with Gasteiger partial charge in [-0.15, -0.1) is 0 Å². The summed E-state index contributed by atoms with van der Waals surface area (Å²) < 4.78 is 10.7. The Morgan fingerprint density at radius 1 is 1.14 bits per heavy atom. The molecule has 5 nitrogen and oxygen atoms in total. The monoisotopic (exact) mass is 293 g/mol. The van der Waals surface area contributed by atoms with Gasteiger partial charge in [0.05, 0.1) is 19.1 Å². The van der Waals surface area contributed by atoms with Gasteiger partial charge in [0.25, 0.3) is 0 Å². The lowest BCUT2D eigenvalue weighted by Gasteiger charge is -2.13. The smallest absolute Gasteiger partial charge is 0.235 e. The summed E-state index contributed by atoms with van der Waals surface area (Å²) in [4.78, 5) is 9.95. The van der Waals surface area contributed by atoms with Crippen LogP contribution in [0.25, 0.3) is 6.08 Å². The molecule has 0 aliphatic carbocycles. The van der Waals surface area contributed by atoms with Gasteiger partial charge in [-0.25, -0.2) is 0 Å². The molecular weight excluding hydrogens is 270 g/mol. The van der Waals surface area contributed by atoms with Crippen molar-refractivity contribution in [1.29, 1.82) is 0 Å². The number of methoxy groups -OCH3 is 2. The molecule has 0 aliphatic heterocycles. The molecule has 0 atom stereocenters. The average Bonchev–Trinajstić information content (AvgIpc) is 2.49. The van der Waals surface area contributed by atoms with E-state index in [9.17, 15) is 10.1 Å². The SMILES string of the molecule is CCCCCCc1cc(OC)c(C=C[N+](=O)[O-])cc1OC. The van der Waals surface area contributed by atoms with E-state index in [0.717, 1.165) is 30.4 Å². The highest BCUT2D eigenvalue weighted by molar-refractivity contribution is 5.61. The molecule has 0 saturated heterocycles. The number of unbranched alkanes of at least 4 members (excludes halogenated alkanes) is 3. The van der Waals surface area contributed by atoms with Gasteiger partial charge in [-0.3, -0.25) is 10.1 Å². The van der Waals surface area contributed by atoms with Crippen molar-refractivity contribution in [2.75, 3.05) is 14.2 Å². The van der Waals surface area contributed by atoms with E-state index >= 15 is 0 Å². The number of hydrogen-bond acceptors (Lipinski definition) is 4. The first-order valence-corrected chi connectivity index (χ1v) is 7.19. The Balaban J connectivity index is 2.96. The fraction of sp³-hybridized carbons (Fsp3) is 0.500. The first kappa shape index (κ1) is 17.0. The van der Waals surface area contributed by atoms with Gasteiger partial charge in [0.1, 0.15) is 11.5 Å². The van der Waals surface area contributed by atoms with E-state index in [1.165, 1.54) is 25.3 Å². The van der Waals surface area contributed by atoms with Crippen LogP contribution in [0.2, 0.25) is 0 Å². The molecular formula is C16H23NO4. The van der Waals surface area contributed by atoms with Crippen LogP contribution in [0.1, 0.15) is 43.7 Å². The third-order valence-electron chi connectivity index (χ3n) is 3.31. The fourth-order valence-corrected chi connectivity index (χ4v) is 2.19. The average molecular weight is 293 g/mol. The largest absolute Gasteiger partial charge is 0.496 e. The number of nitrogens with zero attached hydrogens (tertiary/aromatic N) is 1. The van der Waals surface area contributed by atoms with Gasteiger partial charge in [-0.1, -0.05) is 26.2 Å². The van der Waals surface area contributed by atoms with Gasteiger partial charge in [-0.2, -0.15) is 0 Å². The lowest BCUT2D eigenvalue weighted by Crippen LogP contribution is -1.97. The second kappa shape index (κ2) is 9.00. The second-order valence-corrected chi connectivity index (χ2v) is 4.82. The minimum Gasteiger partial charge on any atom is -0.496 e. The molecule has 1 rings (SSSR count). The third-order valence-corrected chi connectivity index (χ3v) is 3.31. The summed E-state index contributed by atoms with van der Waals surface area (Å²) in [5.74, 6) is 1.37. The standard InChI is InChI=1S/C16H23NO4/c1-4-5-6-7-8-13-11-16(21-3)14(9-10-17(18)19)12-15(13)20-2/h9-12H,4-8H2,1-3H3. The van der Waals surface area contributed by atoms with Gasteiger partial charge >= 0.3 is 0 Å². The molecule has 0 unspecified atom stereocenters. The maximum atomic E-state index is 10.4. The fourth-order valence-electron chi connectivity index (χ4n) is 2.19. The van der Waals surface area contributed by atoms with Crippen LogP contribution in [0.15, 0.2) is 18.3 Å². The van der Waals surface area contributed by atoms with E-state index < -0.39 is 4.92 Å². The Hall–Kier alpha value is -2.04. The highest BCUT2D eigenvalue weighted by atomic mass is 16.6. The van der Waals surface area contributed by atoms with Gasteiger partial charge in [-0.05, 0) is 30.5 Å². The number of rotatable bonds is 9. The van der Waals surface area contributed by atoms with Crippen LogP contribution in [0.4, 0.5) is 0 Å². The number of ether oxygens (including phenoxy) is 2. The molecule has 0 aliphatic rings. The van der Waals surface area contributed by atoms with E-state index in [1.54, 1.807) is 20.3 Å². The lowest BCUT2D eigenvalue weighted by molar-refractivity contribution is -0.400. The summed E-state index contributed by atoms with van der Waals surface area (Å²) in [6, 6.07) is 3.69. The molecule has 0 radical (unpaired) electrons. The van der Waals surface area contributed by atoms with Crippen molar-refractivity contribution in [3.8, 4) is 11.5 Å². The Morgan fingerprint density at radius 3 is 2.43 bits per heavy atom. The molecule has 0 saturated carbocycles. The molecule has 0 fully saturated rings. The molecule has 21 heavy (non-hydrogen) atoms. The molecule has 116 valence electrons. The normalized spacial score (nSPS) is 10.8. The van der Waals surface area contributed by atoms with Crippen molar-refractivity contribution in [3.63, 3.8) is 0 Å². The molecule has 5 heteroatoms. The zero-order chi connectivity index (χ0) is 15.7. The molecule has 0 spiro atoms. The zero-order valence-corrected chi connectivity index (χ0v) is 12.9. The summed E-state index contributed by atoms with van der Waals surface area (Å²) >= 11 is 0. The molecule has 0 amide bonds. The number of aryl methyl sites for hydroxylation is 1. The van der Waals surface area contributed by atoms with Crippen LogP contribution in [0, 0.1) is 10.1 Å². The quantitative estimate of drug-likeness (QED) is 0.391. The van der Waals surface area contributed by atoms with Crippen molar-refractivity contribution in [1.82, 2.24) is 0 Å². The third kappa shape index (κ3) is 5.45. The first-order chi connectivity index (χ1) is 10.1. The highest BCUT2D eigenvalue weighted by Crippen LogP contribution is 2.31. The van der Waals surface area contributed by atoms with Gasteiger partial charge in [0, 0.05) is 11.6 Å². The highest BCUT2D eigenvalue weighted by Gasteiger charge is 2.10. The van der Waals surface area contributed by atoms with Crippen LogP contribution in [-0.2, 0) is 6.42 Å². The second-order valence-electron chi connectivity index (χ2n) is 4.82. The molecule has 0 N–H and O–H groups in total. The maximum absolute atomic E-state index is 10.4. The molecule has 0 heterocycles. The molecule has 0 aromatic heterocycles. The molecule has 0 bridgehead atoms. The lowest BCUT2D eigenvalue weighted by atomic mass is 10.0. The number of nitro groups is 1. The predicted octanol–water partition coefficient (Wildman–Crippen LogP) is 4.07. The van der Waals surface area contributed by atoms with E-state index in [-0.39, 0.29) is 0 Å². The van der Waals surface area contributed by atoms with Crippen molar-refractivity contribution in [2.45, 2.75) is 39.0 Å². The van der Waals surface area contributed by atoms with E-state index in [4.69, 9.17) is 9.47 Å². The topological polar surface area (TPSA) is 61.6 Å². The van der Waals surface area contributed by atoms with Gasteiger partial charge in [0.2, 0.25) is 6.20 Å². The van der Waals surface area contributed by atoms with Crippen molar-refractivity contribution < 1.29 is 14.4 Å². The summed E-state index contributed by atoms with van der Waals surface area (Å²) in [5.41, 5.74) is 1.71. The van der Waals surface area contributed by atoms with Gasteiger partial charge < -0.3 is 9.47 Å². The Morgan fingerprint density at radius 2 is 1.86 bits per heavy atom. The summed E-state index contributed by atoms with van der Waals surface area (Å²) in [5, 5.41) is 10.4. The van der Waals surface area contributed by atoms with Crippen molar-refractivity contribution in [2.24, 2.45) is 0 Å². The van der Waals surface area contributed by atoms with E-state index in [0.29, 0.717) is 11.3 Å². The zero-order valence-electron chi connectivity index (χ0n) is 12.9. The van der Waals surface area contributed by atoms with E-state index in [1.807, 2.05) is 6.07 Å². The van der Waals surface area contributed by atoms with Gasteiger partial charge in [0.15, 0.2) is 0 Å². The number of hydrogen-bond donors (Lipinski definition) is 0. The molecule has 1 aromatic rings. The first-order valence-electron chi connectivity index (χ1n) is 7.19. The maximum Gasteiger partial charge on any atom is 0.235 e. The summed E-state index contributed by atoms with van der Waals surface area (Å²) in [6.45, 7) is 2.18.